The smallest absolute Gasteiger partial charge is 0.416 e. The maximum Gasteiger partial charge on any atom is 0.416 e. The molecule has 2 heterocycles. The Hall–Kier alpha value is -3.43. The topological polar surface area (TPSA) is 81.9 Å². The zero-order chi connectivity index (χ0) is 21.1. The van der Waals surface area contributed by atoms with Gasteiger partial charge in [-0.1, -0.05) is 12.1 Å². The maximum atomic E-state index is 12.9. The summed E-state index contributed by atoms with van der Waals surface area (Å²) in [6.45, 7) is 0. The highest BCUT2D eigenvalue weighted by Crippen LogP contribution is 2.32. The number of para-hydroxylation sites is 1. The Morgan fingerprint density at radius 2 is 1.87 bits per heavy atom. The Kier molecular flexibility index (Phi) is 5.39. The van der Waals surface area contributed by atoms with Gasteiger partial charge in [-0.3, -0.25) is 4.79 Å². The van der Waals surface area contributed by atoms with Crippen LogP contribution in [-0.4, -0.2) is 38.0 Å². The highest BCUT2D eigenvalue weighted by Gasteiger charge is 2.34. The third-order valence-electron chi connectivity index (χ3n) is 4.89. The lowest BCUT2D eigenvalue weighted by Crippen LogP contribution is -2.42. The molecule has 4 rings (SSSR count). The van der Waals surface area contributed by atoms with Crippen molar-refractivity contribution < 1.29 is 22.7 Å². The van der Waals surface area contributed by atoms with Crippen LogP contribution in [-0.2, 0) is 6.18 Å². The number of carbonyl (C=O) groups is 1. The molecule has 0 unspecified atom stereocenters. The number of rotatable bonds is 5. The maximum absolute atomic E-state index is 12.9. The number of pyridine rings is 1. The number of amides is 1. The molecule has 156 valence electrons. The first-order valence-electron chi connectivity index (χ1n) is 9.38. The number of carbonyl (C=O) groups excluding carboxylic acids is 1. The molecule has 7 nitrogen and oxygen atoms in total. The minimum absolute atomic E-state index is 0.114. The number of nitrogens with zero attached hydrogens (tertiary/aromatic N) is 4. The van der Waals surface area contributed by atoms with E-state index >= 15 is 0 Å². The second kappa shape index (κ2) is 8.13. The molecule has 0 radical (unpaired) electrons. The molecule has 1 N–H and O–H groups in total. The zero-order valence-electron chi connectivity index (χ0n) is 15.7. The molecule has 1 aliphatic rings. The van der Waals surface area contributed by atoms with Crippen LogP contribution in [0.15, 0.2) is 55.0 Å². The van der Waals surface area contributed by atoms with Gasteiger partial charge in [-0.15, -0.1) is 0 Å². The molecule has 0 aliphatic heterocycles. The summed E-state index contributed by atoms with van der Waals surface area (Å²) >= 11 is 0. The number of benzene rings is 1. The fourth-order valence-electron chi connectivity index (χ4n) is 3.46. The van der Waals surface area contributed by atoms with Crippen molar-refractivity contribution in [3.05, 3.63) is 66.1 Å². The molecule has 3 aromatic rings. The van der Waals surface area contributed by atoms with Crippen LogP contribution in [0, 0.1) is 0 Å². The number of aromatic nitrogens is 4. The van der Waals surface area contributed by atoms with Gasteiger partial charge in [-0.2, -0.15) is 28.2 Å². The first kappa shape index (κ1) is 19.9. The van der Waals surface area contributed by atoms with Gasteiger partial charge in [0.05, 0.1) is 35.2 Å². The number of alkyl halides is 3. The summed E-state index contributed by atoms with van der Waals surface area (Å²) in [7, 11) is 0. The van der Waals surface area contributed by atoms with E-state index in [2.05, 4.69) is 20.5 Å². The van der Waals surface area contributed by atoms with E-state index in [0.29, 0.717) is 24.1 Å². The van der Waals surface area contributed by atoms with Crippen LogP contribution < -0.4 is 10.1 Å². The molecule has 10 heteroatoms. The second-order valence-electron chi connectivity index (χ2n) is 6.88. The number of hydrogen-bond donors (Lipinski definition) is 1. The number of ether oxygens (including phenoxy) is 1. The number of nitrogens with one attached hydrogen (secondary N) is 1. The van der Waals surface area contributed by atoms with Crippen LogP contribution >= 0.6 is 0 Å². The van der Waals surface area contributed by atoms with Crippen molar-refractivity contribution in [1.29, 1.82) is 0 Å². The third-order valence-corrected chi connectivity index (χ3v) is 4.89. The SMILES string of the molecule is O=C(N[C@H]1CCC[C@@H]1Oc1cc(C(F)(F)F)ccn1)c1ccccc1-n1nccn1. The molecule has 0 saturated heterocycles. The third kappa shape index (κ3) is 4.27. The Bertz CT molecular complexity index is 1020. The summed E-state index contributed by atoms with van der Waals surface area (Å²) in [5, 5.41) is 11.1. The predicted octanol–water partition coefficient (Wildman–Crippen LogP) is 3.41. The Balaban J connectivity index is 1.49. The van der Waals surface area contributed by atoms with Crippen molar-refractivity contribution in [2.24, 2.45) is 0 Å². The normalized spacial score (nSPS) is 18.9. The quantitative estimate of drug-likeness (QED) is 0.688. The molecular formula is C20H18F3N5O2. The minimum atomic E-state index is -4.48. The van der Waals surface area contributed by atoms with Gasteiger partial charge in [0.15, 0.2) is 0 Å². The van der Waals surface area contributed by atoms with Gasteiger partial charge in [0.1, 0.15) is 6.10 Å². The molecule has 1 aromatic carbocycles. The van der Waals surface area contributed by atoms with E-state index in [9.17, 15) is 18.0 Å². The van der Waals surface area contributed by atoms with E-state index in [1.165, 1.54) is 17.2 Å². The molecule has 1 saturated carbocycles. The zero-order valence-corrected chi connectivity index (χ0v) is 15.7. The summed E-state index contributed by atoms with van der Waals surface area (Å²) in [5.74, 6) is -0.447. The van der Waals surface area contributed by atoms with Gasteiger partial charge in [0, 0.05) is 12.3 Å². The van der Waals surface area contributed by atoms with Gasteiger partial charge in [-0.25, -0.2) is 4.98 Å². The second-order valence-corrected chi connectivity index (χ2v) is 6.88. The van der Waals surface area contributed by atoms with E-state index in [1.807, 2.05) is 0 Å². The number of halogens is 3. The molecule has 0 spiro atoms. The van der Waals surface area contributed by atoms with Gasteiger partial charge >= 0.3 is 6.18 Å². The van der Waals surface area contributed by atoms with Crippen molar-refractivity contribution in [3.63, 3.8) is 0 Å². The average Bonchev–Trinajstić information content (AvgIpc) is 3.40. The fourth-order valence-corrected chi connectivity index (χ4v) is 3.46. The van der Waals surface area contributed by atoms with E-state index in [1.54, 1.807) is 24.3 Å². The van der Waals surface area contributed by atoms with Crippen molar-refractivity contribution >= 4 is 5.91 Å². The number of hydrogen-bond acceptors (Lipinski definition) is 5. The van der Waals surface area contributed by atoms with Crippen LogP contribution in [0.25, 0.3) is 5.69 Å². The van der Waals surface area contributed by atoms with Gasteiger partial charge in [0.25, 0.3) is 5.91 Å². The highest BCUT2D eigenvalue weighted by atomic mass is 19.4. The van der Waals surface area contributed by atoms with Crippen molar-refractivity contribution in [2.45, 2.75) is 37.6 Å². The first-order chi connectivity index (χ1) is 14.4. The highest BCUT2D eigenvalue weighted by molar-refractivity contribution is 5.97. The Labute approximate surface area is 169 Å². The Morgan fingerprint density at radius 1 is 1.10 bits per heavy atom. The van der Waals surface area contributed by atoms with Crippen LogP contribution in [0.2, 0.25) is 0 Å². The van der Waals surface area contributed by atoms with E-state index in [-0.39, 0.29) is 17.8 Å². The molecule has 2 aromatic heterocycles. The molecule has 2 atom stereocenters. The largest absolute Gasteiger partial charge is 0.472 e. The van der Waals surface area contributed by atoms with Gasteiger partial charge < -0.3 is 10.1 Å². The average molecular weight is 417 g/mol. The molecule has 1 amide bonds. The molecular weight excluding hydrogens is 399 g/mol. The lowest BCUT2D eigenvalue weighted by molar-refractivity contribution is -0.137. The minimum Gasteiger partial charge on any atom is -0.472 e. The van der Waals surface area contributed by atoms with Crippen LogP contribution in [0.4, 0.5) is 13.2 Å². The van der Waals surface area contributed by atoms with Crippen molar-refractivity contribution in [2.75, 3.05) is 0 Å². The van der Waals surface area contributed by atoms with Crippen molar-refractivity contribution in [3.8, 4) is 11.6 Å². The molecule has 1 aliphatic carbocycles. The lowest BCUT2D eigenvalue weighted by atomic mass is 10.1. The molecule has 1 fully saturated rings. The monoisotopic (exact) mass is 417 g/mol. The summed E-state index contributed by atoms with van der Waals surface area (Å²) in [6, 6.07) is 8.30. The molecule has 30 heavy (non-hydrogen) atoms. The van der Waals surface area contributed by atoms with Gasteiger partial charge in [-0.05, 0) is 37.5 Å². The van der Waals surface area contributed by atoms with Crippen LogP contribution in [0.3, 0.4) is 0 Å². The van der Waals surface area contributed by atoms with E-state index in [4.69, 9.17) is 4.74 Å². The standard InChI is InChI=1S/C20H18F3N5O2/c21-20(22,23)13-8-9-24-18(12-13)30-17-7-3-5-15(17)27-19(29)14-4-1-2-6-16(14)28-25-10-11-26-28/h1-2,4,6,8-12,15,17H,3,5,7H2,(H,27,29)/t15-,17-/m0/s1. The summed E-state index contributed by atoms with van der Waals surface area (Å²) in [4.78, 5) is 18.1. The summed E-state index contributed by atoms with van der Waals surface area (Å²) in [5.41, 5.74) is 0.0817. The van der Waals surface area contributed by atoms with E-state index in [0.717, 1.165) is 24.8 Å². The molecule has 0 bridgehead atoms. The first-order valence-corrected chi connectivity index (χ1v) is 9.38. The fraction of sp³-hybridized carbons (Fsp3) is 0.300. The van der Waals surface area contributed by atoms with E-state index < -0.39 is 17.8 Å². The lowest BCUT2D eigenvalue weighted by Gasteiger charge is -2.22. The van der Waals surface area contributed by atoms with Gasteiger partial charge in [0.2, 0.25) is 5.88 Å². The van der Waals surface area contributed by atoms with Crippen LogP contribution in [0.1, 0.15) is 35.2 Å². The predicted molar refractivity (Wildman–Crippen MR) is 100 cm³/mol. The van der Waals surface area contributed by atoms with Crippen molar-refractivity contribution in [1.82, 2.24) is 25.3 Å². The van der Waals surface area contributed by atoms with Crippen LogP contribution in [0.5, 0.6) is 5.88 Å². The summed E-state index contributed by atoms with van der Waals surface area (Å²) in [6.07, 6.45) is 1.16. The Morgan fingerprint density at radius 3 is 2.63 bits per heavy atom. The summed E-state index contributed by atoms with van der Waals surface area (Å²) < 4.78 is 44.5.